The highest BCUT2D eigenvalue weighted by Gasteiger charge is 2.22. The van der Waals surface area contributed by atoms with E-state index in [0.717, 1.165) is 77.4 Å². The minimum absolute atomic E-state index is 0.437. The van der Waals surface area contributed by atoms with Gasteiger partial charge in [-0.3, -0.25) is 4.57 Å². The van der Waals surface area contributed by atoms with Crippen molar-refractivity contribution in [3.05, 3.63) is 175 Å². The zero-order chi connectivity index (χ0) is 33.7. The molecule has 0 saturated heterocycles. The molecule has 0 spiro atoms. The number of pyridine rings is 1. The molecule has 0 bridgehead atoms. The number of para-hydroxylation sites is 2. The summed E-state index contributed by atoms with van der Waals surface area (Å²) in [5.41, 5.74) is 8.81. The number of hydrogen-bond donors (Lipinski definition) is 0. The summed E-state index contributed by atoms with van der Waals surface area (Å²) in [6.45, 7) is 0. The summed E-state index contributed by atoms with van der Waals surface area (Å²) in [6.07, 6.45) is 2.40. The molecule has 0 aliphatic heterocycles. The number of hydrogen-bond acceptors (Lipinski definition) is 5. The predicted octanol–water partition coefficient (Wildman–Crippen LogP) is 10.9. The molecule has 10 aromatic rings. The average Bonchev–Trinajstić information content (AvgIpc) is 3.75. The van der Waals surface area contributed by atoms with Gasteiger partial charge >= 0.3 is 0 Å². The Labute approximate surface area is 293 Å². The highest BCUT2D eigenvalue weighted by atomic mass is 16.3. The normalized spacial score (nSPS) is 11.6. The van der Waals surface area contributed by atoms with Gasteiger partial charge in [-0.05, 0) is 35.9 Å². The summed E-state index contributed by atoms with van der Waals surface area (Å²) in [6, 6.07) is 53.9. The average molecular weight is 656 g/mol. The van der Waals surface area contributed by atoms with E-state index in [9.17, 15) is 0 Å². The molecule has 0 amide bonds. The fourth-order valence-electron chi connectivity index (χ4n) is 7.19. The maximum atomic E-state index is 6.58. The smallest absolute Gasteiger partial charge is 0.163 e. The van der Waals surface area contributed by atoms with Crippen molar-refractivity contribution in [2.75, 3.05) is 0 Å². The third-order valence-electron chi connectivity index (χ3n) is 9.54. The van der Waals surface area contributed by atoms with Gasteiger partial charge in [-0.2, -0.15) is 0 Å². The van der Waals surface area contributed by atoms with Crippen molar-refractivity contribution in [3.8, 4) is 39.7 Å². The van der Waals surface area contributed by atoms with Crippen molar-refractivity contribution in [3.63, 3.8) is 0 Å². The fraction of sp³-hybridized carbons (Fsp3) is 0.0222. The Morgan fingerprint density at radius 2 is 1.10 bits per heavy atom. The lowest BCUT2D eigenvalue weighted by molar-refractivity contribution is 0.673. The van der Waals surface area contributed by atoms with Gasteiger partial charge in [-0.15, -0.1) is 0 Å². The van der Waals surface area contributed by atoms with Crippen LogP contribution in [-0.4, -0.2) is 24.5 Å². The maximum absolute atomic E-state index is 6.58. The Morgan fingerprint density at radius 3 is 1.80 bits per heavy atom. The van der Waals surface area contributed by atoms with Gasteiger partial charge in [0, 0.05) is 51.0 Å². The zero-order valence-corrected chi connectivity index (χ0v) is 27.4. The SMILES string of the molecule is c1ccc(-c2cnc(-n3c4ccccc4c4c5oc6ccccc6c5ccc43)c(Cc3nc(-c4ccccc4)nc(-c4ccccc4)n3)c2)cc1. The van der Waals surface area contributed by atoms with Crippen molar-refractivity contribution < 1.29 is 4.42 Å². The van der Waals surface area contributed by atoms with E-state index < -0.39 is 0 Å². The first-order valence-corrected chi connectivity index (χ1v) is 17.0. The highest BCUT2D eigenvalue weighted by molar-refractivity contribution is 6.23. The quantitative estimate of drug-likeness (QED) is 0.178. The number of fused-ring (bicyclic) bond motifs is 7. The van der Waals surface area contributed by atoms with Gasteiger partial charge in [0.1, 0.15) is 22.8 Å². The van der Waals surface area contributed by atoms with Crippen molar-refractivity contribution in [1.29, 1.82) is 0 Å². The first kappa shape index (κ1) is 29.0. The fourth-order valence-corrected chi connectivity index (χ4v) is 7.19. The number of benzene rings is 6. The van der Waals surface area contributed by atoms with E-state index in [4.69, 9.17) is 24.4 Å². The third kappa shape index (κ3) is 4.96. The van der Waals surface area contributed by atoms with Crippen molar-refractivity contribution in [2.45, 2.75) is 6.42 Å². The Bertz CT molecular complexity index is 2820. The van der Waals surface area contributed by atoms with Gasteiger partial charge < -0.3 is 4.42 Å². The molecule has 240 valence electrons. The second kappa shape index (κ2) is 11.9. The monoisotopic (exact) mass is 655 g/mol. The van der Waals surface area contributed by atoms with Crippen LogP contribution in [0.4, 0.5) is 0 Å². The van der Waals surface area contributed by atoms with Crippen LogP contribution in [0.25, 0.3) is 83.5 Å². The molecule has 10 rings (SSSR count). The van der Waals surface area contributed by atoms with Crippen LogP contribution in [0.15, 0.2) is 168 Å². The number of nitrogens with zero attached hydrogens (tertiary/aromatic N) is 5. The maximum Gasteiger partial charge on any atom is 0.163 e. The van der Waals surface area contributed by atoms with E-state index >= 15 is 0 Å². The molecule has 0 aliphatic rings. The molecule has 0 N–H and O–H groups in total. The number of furan rings is 1. The van der Waals surface area contributed by atoms with E-state index in [1.54, 1.807) is 0 Å². The van der Waals surface area contributed by atoms with Gasteiger partial charge in [-0.1, -0.05) is 127 Å². The van der Waals surface area contributed by atoms with E-state index in [1.165, 1.54) is 0 Å². The van der Waals surface area contributed by atoms with E-state index in [2.05, 4.69) is 83.4 Å². The first-order valence-electron chi connectivity index (χ1n) is 17.0. The van der Waals surface area contributed by atoms with Crippen molar-refractivity contribution in [2.24, 2.45) is 0 Å². The van der Waals surface area contributed by atoms with Crippen molar-refractivity contribution >= 4 is 43.7 Å². The molecule has 0 saturated carbocycles. The van der Waals surface area contributed by atoms with Crippen LogP contribution in [0.2, 0.25) is 0 Å². The molecule has 6 heteroatoms. The third-order valence-corrected chi connectivity index (χ3v) is 9.54. The van der Waals surface area contributed by atoms with Gasteiger partial charge in [0.05, 0.1) is 16.4 Å². The first-order chi connectivity index (χ1) is 25.3. The van der Waals surface area contributed by atoms with Crippen LogP contribution in [-0.2, 0) is 6.42 Å². The van der Waals surface area contributed by atoms with Crippen LogP contribution in [0.3, 0.4) is 0 Å². The van der Waals surface area contributed by atoms with Crippen LogP contribution in [0.5, 0.6) is 0 Å². The van der Waals surface area contributed by atoms with Gasteiger partial charge in [0.15, 0.2) is 11.6 Å². The Hall–Kier alpha value is -6.92. The number of rotatable bonds is 6. The predicted molar refractivity (Wildman–Crippen MR) is 205 cm³/mol. The lowest BCUT2D eigenvalue weighted by Gasteiger charge is -2.15. The molecule has 0 radical (unpaired) electrons. The largest absolute Gasteiger partial charge is 0.455 e. The minimum atomic E-state index is 0.437. The van der Waals surface area contributed by atoms with Crippen molar-refractivity contribution in [1.82, 2.24) is 24.5 Å². The summed E-state index contributed by atoms with van der Waals surface area (Å²) in [4.78, 5) is 20.3. The number of aromatic nitrogens is 5. The Balaban J connectivity index is 1.22. The Kier molecular flexibility index (Phi) is 6.77. The van der Waals surface area contributed by atoms with Crippen LogP contribution in [0, 0.1) is 0 Å². The van der Waals surface area contributed by atoms with E-state index in [-0.39, 0.29) is 0 Å². The highest BCUT2D eigenvalue weighted by Crippen LogP contribution is 2.41. The second-order valence-corrected chi connectivity index (χ2v) is 12.7. The molecule has 0 atom stereocenters. The van der Waals surface area contributed by atoms with Gasteiger partial charge in [-0.25, -0.2) is 19.9 Å². The molecule has 0 aliphatic carbocycles. The van der Waals surface area contributed by atoms with E-state index in [1.807, 2.05) is 85.1 Å². The lowest BCUT2D eigenvalue weighted by atomic mass is 10.0. The molecular weight excluding hydrogens is 627 g/mol. The molecule has 6 aromatic carbocycles. The van der Waals surface area contributed by atoms with Gasteiger partial charge in [0.25, 0.3) is 0 Å². The molecule has 0 unspecified atom stereocenters. The van der Waals surface area contributed by atoms with Crippen LogP contribution in [0.1, 0.15) is 11.4 Å². The summed E-state index contributed by atoms with van der Waals surface area (Å²) in [5.74, 6) is 2.75. The molecule has 6 nitrogen and oxygen atoms in total. The summed E-state index contributed by atoms with van der Waals surface area (Å²) >= 11 is 0. The molecule has 4 aromatic heterocycles. The Morgan fingerprint density at radius 1 is 0.490 bits per heavy atom. The van der Waals surface area contributed by atoms with Gasteiger partial charge in [0.2, 0.25) is 0 Å². The van der Waals surface area contributed by atoms with Crippen LogP contribution >= 0.6 is 0 Å². The lowest BCUT2D eigenvalue weighted by Crippen LogP contribution is -2.08. The topological polar surface area (TPSA) is 69.6 Å². The second-order valence-electron chi connectivity index (χ2n) is 12.7. The molecule has 0 fully saturated rings. The summed E-state index contributed by atoms with van der Waals surface area (Å²) < 4.78 is 8.84. The molecule has 4 heterocycles. The summed E-state index contributed by atoms with van der Waals surface area (Å²) in [7, 11) is 0. The van der Waals surface area contributed by atoms with Crippen LogP contribution < -0.4 is 0 Å². The minimum Gasteiger partial charge on any atom is -0.455 e. The van der Waals surface area contributed by atoms with E-state index in [0.29, 0.717) is 23.9 Å². The molecular formula is C45H29N5O. The zero-order valence-electron chi connectivity index (χ0n) is 27.4. The standard InChI is InChI=1S/C45H29N5O/c1-4-14-29(15-5-1)33-26-32(27-40-47-43(30-16-6-2-7-17-30)49-44(48-40)31-18-8-3-9-19-31)45(46-28-33)50-37-22-12-10-21-36(37)41-38(50)25-24-35-34-20-11-13-23-39(34)51-42(35)41/h1-26,28H,27H2. The molecule has 51 heavy (non-hydrogen) atoms. The summed E-state index contributed by atoms with van der Waals surface area (Å²) in [5, 5.41) is 4.38.